The van der Waals surface area contributed by atoms with E-state index in [1.54, 1.807) is 0 Å². The number of nitro groups is 2. The van der Waals surface area contributed by atoms with Crippen molar-refractivity contribution in [3.63, 3.8) is 0 Å². The number of furan rings is 1. The molecule has 0 saturated carbocycles. The molecule has 0 aliphatic heterocycles. The van der Waals surface area contributed by atoms with Gasteiger partial charge in [-0.3, -0.25) is 20.2 Å². The molecule has 0 amide bonds. The quantitative estimate of drug-likeness (QED) is 0.558. The van der Waals surface area contributed by atoms with Crippen LogP contribution in [-0.2, 0) is 6.42 Å². The van der Waals surface area contributed by atoms with Crippen LogP contribution in [0.1, 0.15) is 17.6 Å². The van der Waals surface area contributed by atoms with Gasteiger partial charge in [-0.05, 0) is 12.1 Å². The first kappa shape index (κ1) is 12.1. The Kier molecular flexibility index (Phi) is 3.95. The van der Waals surface area contributed by atoms with Crippen LogP contribution in [0.25, 0.3) is 0 Å². The first-order valence-electron chi connectivity index (χ1n) is 4.49. The summed E-state index contributed by atoms with van der Waals surface area (Å²) in [4.78, 5) is 19.1. The highest BCUT2D eigenvalue weighted by Crippen LogP contribution is 2.17. The van der Waals surface area contributed by atoms with Gasteiger partial charge in [0.15, 0.2) is 6.10 Å². The van der Waals surface area contributed by atoms with Crippen molar-refractivity contribution in [2.24, 2.45) is 0 Å². The maximum absolute atomic E-state index is 10.1. The molecule has 1 N–H and O–H groups in total. The Morgan fingerprint density at radius 2 is 2.00 bits per heavy atom. The van der Waals surface area contributed by atoms with Gasteiger partial charge in [0.2, 0.25) is 13.1 Å². The third kappa shape index (κ3) is 3.65. The molecule has 0 aliphatic rings. The summed E-state index contributed by atoms with van der Waals surface area (Å²) in [6.07, 6.45) is -1.22. The molecule has 1 heterocycles. The maximum atomic E-state index is 10.1. The van der Waals surface area contributed by atoms with E-state index in [0.29, 0.717) is 5.76 Å². The minimum absolute atomic E-state index is 0.0510. The van der Waals surface area contributed by atoms with E-state index in [1.807, 2.05) is 0 Å². The van der Waals surface area contributed by atoms with Gasteiger partial charge in [0.25, 0.3) is 0 Å². The summed E-state index contributed by atoms with van der Waals surface area (Å²) in [7, 11) is 0. The number of hydrogen-bond donors (Lipinski definition) is 1. The lowest BCUT2D eigenvalue weighted by molar-refractivity contribution is -0.492. The zero-order chi connectivity index (χ0) is 12.1. The Morgan fingerprint density at radius 3 is 2.56 bits per heavy atom. The van der Waals surface area contributed by atoms with Crippen molar-refractivity contribution < 1.29 is 19.4 Å². The molecule has 0 aromatic carbocycles. The van der Waals surface area contributed by atoms with Crippen LogP contribution in [0.15, 0.2) is 16.5 Å². The third-order valence-corrected chi connectivity index (χ3v) is 1.87. The molecule has 16 heavy (non-hydrogen) atoms. The van der Waals surface area contributed by atoms with Crippen LogP contribution < -0.4 is 0 Å². The number of hydrogen-bond acceptors (Lipinski definition) is 6. The zero-order valence-corrected chi connectivity index (χ0v) is 8.24. The van der Waals surface area contributed by atoms with Crippen molar-refractivity contribution in [1.82, 2.24) is 0 Å². The Labute approximate surface area is 89.8 Å². The number of nitrogens with zero attached hydrogens (tertiary/aromatic N) is 2. The Morgan fingerprint density at radius 1 is 1.31 bits per heavy atom. The monoisotopic (exact) mass is 230 g/mol. The smallest absolute Gasteiger partial charge is 0.236 e. The molecule has 0 bridgehead atoms. The summed E-state index contributed by atoms with van der Waals surface area (Å²) in [6.45, 7) is -0.930. The summed E-state index contributed by atoms with van der Waals surface area (Å²) in [5.41, 5.74) is 0. The molecule has 1 aromatic heterocycles. The normalized spacial score (nSPS) is 12.3. The summed E-state index contributed by atoms with van der Waals surface area (Å²) in [5.74, 6) is 0.379. The predicted octanol–water partition coefficient (Wildman–Crippen LogP) is 0.409. The molecule has 1 rings (SSSR count). The first-order chi connectivity index (χ1) is 7.49. The number of aliphatic hydroxyl groups excluding tert-OH is 1. The summed E-state index contributed by atoms with van der Waals surface area (Å²) in [6, 6.07) is 2.84. The minimum Gasteiger partial charge on any atom is -0.463 e. The second-order valence-electron chi connectivity index (χ2n) is 3.14. The van der Waals surface area contributed by atoms with Gasteiger partial charge in [-0.15, -0.1) is 0 Å². The van der Waals surface area contributed by atoms with Gasteiger partial charge in [0.1, 0.15) is 11.5 Å². The molecule has 1 atom stereocenters. The number of aliphatic hydroxyl groups is 1. The zero-order valence-electron chi connectivity index (χ0n) is 8.24. The molecule has 88 valence electrons. The SMILES string of the molecule is O=[N+]([O-])CCc1ccc(C(O)C[N+](=O)[O-])o1. The van der Waals surface area contributed by atoms with Gasteiger partial charge in [-0.25, -0.2) is 0 Å². The molecule has 8 nitrogen and oxygen atoms in total. The predicted molar refractivity (Wildman–Crippen MR) is 51.1 cm³/mol. The Bertz CT molecular complexity index is 388. The van der Waals surface area contributed by atoms with Gasteiger partial charge in [-0.2, -0.15) is 0 Å². The van der Waals surface area contributed by atoms with Gasteiger partial charge in [0.05, 0.1) is 6.42 Å². The summed E-state index contributed by atoms with van der Waals surface area (Å²) < 4.78 is 5.04. The average molecular weight is 230 g/mol. The van der Waals surface area contributed by atoms with Crippen molar-refractivity contribution in [3.05, 3.63) is 43.9 Å². The van der Waals surface area contributed by atoms with Crippen LogP contribution in [0.4, 0.5) is 0 Å². The van der Waals surface area contributed by atoms with Crippen LogP contribution in [0.5, 0.6) is 0 Å². The maximum Gasteiger partial charge on any atom is 0.236 e. The van der Waals surface area contributed by atoms with Crippen molar-refractivity contribution in [2.45, 2.75) is 12.5 Å². The second-order valence-corrected chi connectivity index (χ2v) is 3.14. The second kappa shape index (κ2) is 5.21. The fourth-order valence-electron chi connectivity index (χ4n) is 1.14. The number of rotatable bonds is 6. The highest BCUT2D eigenvalue weighted by molar-refractivity contribution is 5.09. The molecular weight excluding hydrogens is 220 g/mol. The van der Waals surface area contributed by atoms with Gasteiger partial charge in [-0.1, -0.05) is 0 Å². The van der Waals surface area contributed by atoms with Crippen LogP contribution in [0, 0.1) is 20.2 Å². The summed E-state index contributed by atoms with van der Waals surface area (Å²) in [5, 5.41) is 29.5. The Balaban J connectivity index is 2.56. The fourth-order valence-corrected chi connectivity index (χ4v) is 1.14. The van der Waals surface area contributed by atoms with Crippen molar-refractivity contribution in [1.29, 1.82) is 0 Å². The summed E-state index contributed by atoms with van der Waals surface area (Å²) >= 11 is 0. The molecule has 0 spiro atoms. The first-order valence-corrected chi connectivity index (χ1v) is 4.49. The van der Waals surface area contributed by atoms with Crippen LogP contribution >= 0.6 is 0 Å². The van der Waals surface area contributed by atoms with E-state index in [4.69, 9.17) is 4.42 Å². The molecular formula is C8H10N2O6. The third-order valence-electron chi connectivity index (χ3n) is 1.87. The Hall–Kier alpha value is -1.96. The van der Waals surface area contributed by atoms with E-state index < -0.39 is 22.5 Å². The molecule has 1 unspecified atom stereocenters. The standard InChI is InChI=1S/C8H10N2O6/c11-7(5-10(14)15)8-2-1-6(16-8)3-4-9(12)13/h1-2,7,11H,3-5H2. The molecule has 0 saturated heterocycles. The molecule has 0 aliphatic carbocycles. The van der Waals surface area contributed by atoms with E-state index in [2.05, 4.69) is 0 Å². The highest BCUT2D eigenvalue weighted by Gasteiger charge is 2.18. The molecule has 0 fully saturated rings. The molecule has 8 heteroatoms. The van der Waals surface area contributed by atoms with Crippen molar-refractivity contribution in [2.75, 3.05) is 13.1 Å². The van der Waals surface area contributed by atoms with E-state index >= 15 is 0 Å². The van der Waals surface area contributed by atoms with Gasteiger partial charge in [0, 0.05) is 9.85 Å². The minimum atomic E-state index is -1.32. The van der Waals surface area contributed by atoms with Crippen molar-refractivity contribution >= 4 is 0 Å². The van der Waals surface area contributed by atoms with Gasteiger partial charge < -0.3 is 9.52 Å². The van der Waals surface area contributed by atoms with E-state index in [9.17, 15) is 25.3 Å². The van der Waals surface area contributed by atoms with E-state index in [0.717, 1.165) is 0 Å². The van der Waals surface area contributed by atoms with Crippen LogP contribution in [0.2, 0.25) is 0 Å². The van der Waals surface area contributed by atoms with Crippen molar-refractivity contribution in [3.8, 4) is 0 Å². The largest absolute Gasteiger partial charge is 0.463 e. The lowest BCUT2D eigenvalue weighted by Crippen LogP contribution is -2.11. The topological polar surface area (TPSA) is 120 Å². The van der Waals surface area contributed by atoms with Crippen LogP contribution in [-0.4, -0.2) is 28.0 Å². The molecule has 0 radical (unpaired) electrons. The molecule has 1 aromatic rings. The van der Waals surface area contributed by atoms with Crippen LogP contribution in [0.3, 0.4) is 0 Å². The highest BCUT2D eigenvalue weighted by atomic mass is 16.6. The van der Waals surface area contributed by atoms with Gasteiger partial charge >= 0.3 is 0 Å². The fraction of sp³-hybridized carbons (Fsp3) is 0.500. The van der Waals surface area contributed by atoms with E-state index in [-0.39, 0.29) is 18.7 Å². The van der Waals surface area contributed by atoms with E-state index in [1.165, 1.54) is 12.1 Å². The average Bonchev–Trinajstić information content (AvgIpc) is 2.61. The lowest BCUT2D eigenvalue weighted by Gasteiger charge is -2.01. The lowest BCUT2D eigenvalue weighted by atomic mass is 10.3.